The van der Waals surface area contributed by atoms with Crippen LogP contribution < -0.4 is 11.2 Å². The van der Waals surface area contributed by atoms with E-state index in [4.69, 9.17) is 5.73 Å². The molecular weight excluding hydrogens is 222 g/mol. The fraction of sp³-hybridized carbons (Fsp3) is 0.133. The highest BCUT2D eigenvalue weighted by Crippen LogP contribution is 2.15. The van der Waals surface area contributed by atoms with Crippen molar-refractivity contribution in [1.82, 2.24) is 0 Å². The Kier molecular flexibility index (Phi) is 3.63. The van der Waals surface area contributed by atoms with Gasteiger partial charge >= 0.3 is 0 Å². The van der Waals surface area contributed by atoms with E-state index >= 15 is 0 Å². The van der Waals surface area contributed by atoms with Gasteiger partial charge in [-0.05, 0) is 25.5 Å². The maximum atomic E-state index is 5.91. The fourth-order valence-electron chi connectivity index (χ4n) is 1.73. The Bertz CT molecular complexity index is 559. The molecule has 3 nitrogen and oxygen atoms in total. The summed E-state index contributed by atoms with van der Waals surface area (Å²) in [5, 5.41) is 4.20. The van der Waals surface area contributed by atoms with Crippen molar-refractivity contribution in [3.8, 4) is 0 Å². The predicted octanol–water partition coefficient (Wildman–Crippen LogP) is 3.04. The van der Waals surface area contributed by atoms with Crippen LogP contribution in [0, 0.1) is 13.8 Å². The van der Waals surface area contributed by atoms with E-state index in [1.807, 2.05) is 49.4 Å². The quantitative estimate of drug-likeness (QED) is 0.491. The van der Waals surface area contributed by atoms with Crippen LogP contribution in [0.4, 0.5) is 5.69 Å². The van der Waals surface area contributed by atoms with Crippen molar-refractivity contribution in [1.29, 1.82) is 0 Å². The van der Waals surface area contributed by atoms with E-state index in [1.54, 1.807) is 0 Å². The lowest BCUT2D eigenvalue weighted by atomic mass is 10.1. The fourth-order valence-corrected chi connectivity index (χ4v) is 1.73. The zero-order valence-corrected chi connectivity index (χ0v) is 10.6. The van der Waals surface area contributed by atoms with Gasteiger partial charge in [0.25, 0.3) is 0 Å². The number of hydrogen-bond acceptors (Lipinski definition) is 2. The van der Waals surface area contributed by atoms with Crippen LogP contribution in [-0.4, -0.2) is 5.84 Å². The van der Waals surface area contributed by atoms with Crippen molar-refractivity contribution < 1.29 is 0 Å². The zero-order valence-electron chi connectivity index (χ0n) is 10.6. The van der Waals surface area contributed by atoms with E-state index in [0.717, 1.165) is 16.8 Å². The number of amidine groups is 1. The Morgan fingerprint density at radius 2 is 1.78 bits per heavy atom. The van der Waals surface area contributed by atoms with Crippen molar-refractivity contribution in [3.63, 3.8) is 0 Å². The Labute approximate surface area is 107 Å². The molecule has 0 unspecified atom stereocenters. The number of hydrogen-bond donors (Lipinski definition) is 2. The summed E-state index contributed by atoms with van der Waals surface area (Å²) < 4.78 is 0. The lowest BCUT2D eigenvalue weighted by Crippen LogP contribution is -2.15. The maximum absolute atomic E-state index is 5.91. The number of benzene rings is 2. The van der Waals surface area contributed by atoms with Crippen LogP contribution in [0.1, 0.15) is 16.7 Å². The third-order valence-electron chi connectivity index (χ3n) is 2.75. The van der Waals surface area contributed by atoms with E-state index in [0.29, 0.717) is 5.84 Å². The normalized spacial score (nSPS) is 11.3. The number of hydrazone groups is 1. The second kappa shape index (κ2) is 5.36. The van der Waals surface area contributed by atoms with E-state index in [-0.39, 0.29) is 0 Å². The molecule has 0 aliphatic heterocycles. The smallest absolute Gasteiger partial charge is 0.150 e. The molecule has 0 atom stereocenters. The van der Waals surface area contributed by atoms with Crippen molar-refractivity contribution >= 4 is 11.5 Å². The molecule has 0 saturated carbocycles. The summed E-state index contributed by atoms with van der Waals surface area (Å²) >= 11 is 0. The van der Waals surface area contributed by atoms with Gasteiger partial charge in [0, 0.05) is 5.56 Å². The minimum absolute atomic E-state index is 0.482. The van der Waals surface area contributed by atoms with Crippen LogP contribution in [0.25, 0.3) is 0 Å². The minimum Gasteiger partial charge on any atom is -0.382 e. The van der Waals surface area contributed by atoms with Crippen LogP contribution in [-0.2, 0) is 0 Å². The molecule has 18 heavy (non-hydrogen) atoms. The summed E-state index contributed by atoms with van der Waals surface area (Å²) in [6, 6.07) is 15.9. The van der Waals surface area contributed by atoms with Crippen LogP contribution in [0.5, 0.6) is 0 Å². The minimum atomic E-state index is 0.482. The highest BCUT2D eigenvalue weighted by atomic mass is 15.3. The first-order chi connectivity index (χ1) is 8.66. The summed E-state index contributed by atoms with van der Waals surface area (Å²) in [6.45, 7) is 4.11. The Balaban J connectivity index is 2.15. The standard InChI is InChI=1S/C15H17N3/c1-11-8-9-14(12(2)10-11)17-18-15(16)13-6-4-3-5-7-13/h3-10,17H,1-2H3,(H2,16,18). The third kappa shape index (κ3) is 2.88. The molecule has 2 aromatic rings. The largest absolute Gasteiger partial charge is 0.382 e. The topological polar surface area (TPSA) is 50.4 Å². The number of nitrogens with one attached hydrogen (secondary N) is 1. The molecule has 0 heterocycles. The first-order valence-corrected chi connectivity index (χ1v) is 5.88. The highest BCUT2D eigenvalue weighted by molar-refractivity contribution is 5.97. The van der Waals surface area contributed by atoms with Gasteiger partial charge in [-0.2, -0.15) is 5.10 Å². The number of nitrogens with zero attached hydrogens (tertiary/aromatic N) is 1. The maximum Gasteiger partial charge on any atom is 0.150 e. The molecule has 0 fully saturated rings. The predicted molar refractivity (Wildman–Crippen MR) is 76.7 cm³/mol. The van der Waals surface area contributed by atoms with E-state index < -0.39 is 0 Å². The van der Waals surface area contributed by atoms with Crippen LogP contribution in [0.15, 0.2) is 53.6 Å². The first kappa shape index (κ1) is 12.2. The number of anilines is 1. The number of aryl methyl sites for hydroxylation is 2. The molecule has 2 rings (SSSR count). The second-order valence-corrected chi connectivity index (χ2v) is 4.29. The molecule has 0 saturated heterocycles. The first-order valence-electron chi connectivity index (χ1n) is 5.88. The molecule has 3 N–H and O–H groups in total. The molecular formula is C15H17N3. The van der Waals surface area contributed by atoms with Gasteiger partial charge in [0.2, 0.25) is 0 Å². The SMILES string of the molecule is Cc1ccc(N/N=C(\N)c2ccccc2)c(C)c1. The molecule has 3 heteroatoms. The zero-order chi connectivity index (χ0) is 13.0. The molecule has 0 aliphatic rings. The summed E-state index contributed by atoms with van der Waals surface area (Å²) in [4.78, 5) is 0. The lowest BCUT2D eigenvalue weighted by Gasteiger charge is -2.07. The molecule has 0 aliphatic carbocycles. The van der Waals surface area contributed by atoms with Gasteiger partial charge in [-0.1, -0.05) is 48.0 Å². The van der Waals surface area contributed by atoms with Crippen LogP contribution >= 0.6 is 0 Å². The van der Waals surface area contributed by atoms with Crippen molar-refractivity contribution in [2.75, 3.05) is 5.43 Å². The monoisotopic (exact) mass is 239 g/mol. The number of rotatable bonds is 3. The second-order valence-electron chi connectivity index (χ2n) is 4.29. The summed E-state index contributed by atoms with van der Waals surface area (Å²) in [6.07, 6.45) is 0. The van der Waals surface area contributed by atoms with Crippen molar-refractivity contribution in [2.45, 2.75) is 13.8 Å². The summed E-state index contributed by atoms with van der Waals surface area (Å²) in [7, 11) is 0. The Morgan fingerprint density at radius 1 is 1.06 bits per heavy atom. The van der Waals surface area contributed by atoms with E-state index in [1.165, 1.54) is 5.56 Å². The molecule has 2 aromatic carbocycles. The molecule has 0 aromatic heterocycles. The Hall–Kier alpha value is -2.29. The summed E-state index contributed by atoms with van der Waals surface area (Å²) in [5.41, 5.74) is 13.2. The van der Waals surface area contributed by atoms with E-state index in [2.05, 4.69) is 23.5 Å². The van der Waals surface area contributed by atoms with Crippen LogP contribution in [0.3, 0.4) is 0 Å². The van der Waals surface area contributed by atoms with Crippen molar-refractivity contribution in [2.24, 2.45) is 10.8 Å². The molecule has 0 radical (unpaired) electrons. The molecule has 0 amide bonds. The molecule has 92 valence electrons. The lowest BCUT2D eigenvalue weighted by molar-refractivity contribution is 1.27. The van der Waals surface area contributed by atoms with Gasteiger partial charge < -0.3 is 5.73 Å². The van der Waals surface area contributed by atoms with Gasteiger partial charge in [0.1, 0.15) is 0 Å². The van der Waals surface area contributed by atoms with Gasteiger partial charge in [-0.15, -0.1) is 0 Å². The van der Waals surface area contributed by atoms with Crippen molar-refractivity contribution in [3.05, 3.63) is 65.2 Å². The molecule has 0 spiro atoms. The van der Waals surface area contributed by atoms with Crippen LogP contribution in [0.2, 0.25) is 0 Å². The van der Waals surface area contributed by atoms with Gasteiger partial charge in [-0.25, -0.2) is 0 Å². The highest BCUT2D eigenvalue weighted by Gasteiger charge is 1.99. The Morgan fingerprint density at radius 3 is 2.44 bits per heavy atom. The van der Waals surface area contributed by atoms with Gasteiger partial charge in [0.05, 0.1) is 5.69 Å². The third-order valence-corrected chi connectivity index (χ3v) is 2.75. The average Bonchev–Trinajstić information content (AvgIpc) is 2.38. The van der Waals surface area contributed by atoms with E-state index in [9.17, 15) is 0 Å². The number of nitrogens with two attached hydrogens (primary N) is 1. The van der Waals surface area contributed by atoms with Gasteiger partial charge in [-0.3, -0.25) is 5.43 Å². The van der Waals surface area contributed by atoms with Gasteiger partial charge in [0.15, 0.2) is 5.84 Å². The molecule has 0 bridgehead atoms. The average molecular weight is 239 g/mol. The summed E-state index contributed by atoms with van der Waals surface area (Å²) in [5.74, 6) is 0.482.